The first-order valence-corrected chi connectivity index (χ1v) is 4.94. The third-order valence-electron chi connectivity index (χ3n) is 2.11. The van der Waals surface area contributed by atoms with Gasteiger partial charge in [-0.2, -0.15) is 0 Å². The Morgan fingerprint density at radius 1 is 1.07 bits per heavy atom. The molecule has 0 saturated heterocycles. The van der Waals surface area contributed by atoms with E-state index in [2.05, 4.69) is 9.97 Å². The topological polar surface area (TPSA) is 51.8 Å². The van der Waals surface area contributed by atoms with Gasteiger partial charge in [0, 0.05) is 12.1 Å². The van der Waals surface area contributed by atoms with Crippen LogP contribution in [0.5, 0.6) is 0 Å². The molecule has 0 spiro atoms. The molecule has 0 aliphatic rings. The monoisotopic (exact) mass is 219 g/mol. The van der Waals surface area contributed by atoms with Crippen LogP contribution < -0.4 is 5.73 Å². The fourth-order valence-corrected chi connectivity index (χ4v) is 1.37. The number of rotatable bonds is 2. The van der Waals surface area contributed by atoms with Gasteiger partial charge in [0.1, 0.15) is 5.15 Å². The Labute approximate surface area is 92.9 Å². The zero-order valence-corrected chi connectivity index (χ0v) is 8.78. The highest BCUT2D eigenvalue weighted by molar-refractivity contribution is 6.29. The lowest BCUT2D eigenvalue weighted by molar-refractivity contribution is 1.07. The Morgan fingerprint density at radius 3 is 2.33 bits per heavy atom. The molecule has 15 heavy (non-hydrogen) atoms. The standard InChI is InChI=1S/C11H10ClN3/c12-11-7-14-10(6-15-11)9-3-1-8(5-13)2-4-9/h1-4,6-7H,5,13H2. The van der Waals surface area contributed by atoms with E-state index in [0.29, 0.717) is 11.7 Å². The Hall–Kier alpha value is -1.45. The van der Waals surface area contributed by atoms with Crippen LogP contribution in [0.25, 0.3) is 11.3 Å². The quantitative estimate of drug-likeness (QED) is 0.843. The lowest BCUT2D eigenvalue weighted by atomic mass is 10.1. The number of hydrogen-bond acceptors (Lipinski definition) is 3. The maximum Gasteiger partial charge on any atom is 0.147 e. The normalized spacial score (nSPS) is 10.3. The average Bonchev–Trinajstić information content (AvgIpc) is 2.30. The number of nitrogens with zero attached hydrogens (tertiary/aromatic N) is 2. The summed E-state index contributed by atoms with van der Waals surface area (Å²) in [4.78, 5) is 8.15. The molecule has 0 unspecified atom stereocenters. The van der Waals surface area contributed by atoms with Crippen LogP contribution in [0.1, 0.15) is 5.56 Å². The van der Waals surface area contributed by atoms with Gasteiger partial charge >= 0.3 is 0 Å². The van der Waals surface area contributed by atoms with Crippen LogP contribution in [0, 0.1) is 0 Å². The molecule has 0 bridgehead atoms. The molecule has 0 aliphatic heterocycles. The van der Waals surface area contributed by atoms with Crippen molar-refractivity contribution in [3.8, 4) is 11.3 Å². The lowest BCUT2D eigenvalue weighted by Crippen LogP contribution is -1.95. The van der Waals surface area contributed by atoms with Crippen molar-refractivity contribution in [1.82, 2.24) is 9.97 Å². The van der Waals surface area contributed by atoms with E-state index >= 15 is 0 Å². The van der Waals surface area contributed by atoms with Crippen LogP contribution in [-0.4, -0.2) is 9.97 Å². The first-order valence-electron chi connectivity index (χ1n) is 4.56. The first-order chi connectivity index (χ1) is 7.29. The van der Waals surface area contributed by atoms with Gasteiger partial charge in [0.05, 0.1) is 18.1 Å². The third kappa shape index (κ3) is 2.32. The van der Waals surface area contributed by atoms with Gasteiger partial charge in [0.15, 0.2) is 0 Å². The van der Waals surface area contributed by atoms with Crippen molar-refractivity contribution in [2.45, 2.75) is 6.54 Å². The van der Waals surface area contributed by atoms with Crippen LogP contribution in [0.2, 0.25) is 5.15 Å². The van der Waals surface area contributed by atoms with Crippen LogP contribution in [-0.2, 0) is 6.54 Å². The Morgan fingerprint density at radius 2 is 1.80 bits per heavy atom. The number of halogens is 1. The molecule has 1 heterocycles. The van der Waals surface area contributed by atoms with Gasteiger partial charge in [0.25, 0.3) is 0 Å². The van der Waals surface area contributed by atoms with E-state index < -0.39 is 0 Å². The summed E-state index contributed by atoms with van der Waals surface area (Å²) >= 11 is 5.66. The third-order valence-corrected chi connectivity index (χ3v) is 2.30. The fourth-order valence-electron chi connectivity index (χ4n) is 1.27. The molecule has 1 aromatic carbocycles. The SMILES string of the molecule is NCc1ccc(-c2cnc(Cl)cn2)cc1. The van der Waals surface area contributed by atoms with E-state index in [0.717, 1.165) is 16.8 Å². The second kappa shape index (κ2) is 4.38. The Balaban J connectivity index is 2.33. The molecule has 0 fully saturated rings. The summed E-state index contributed by atoms with van der Waals surface area (Å²) in [5, 5.41) is 0.400. The summed E-state index contributed by atoms with van der Waals surface area (Å²) in [5.41, 5.74) is 8.43. The van der Waals surface area contributed by atoms with Crippen molar-refractivity contribution in [2.24, 2.45) is 5.73 Å². The van der Waals surface area contributed by atoms with Crippen molar-refractivity contribution in [3.63, 3.8) is 0 Å². The Bertz CT molecular complexity index is 436. The fraction of sp³-hybridized carbons (Fsp3) is 0.0909. The van der Waals surface area contributed by atoms with Gasteiger partial charge in [-0.15, -0.1) is 0 Å². The van der Waals surface area contributed by atoms with Crippen molar-refractivity contribution in [2.75, 3.05) is 0 Å². The molecule has 1 aromatic heterocycles. The highest BCUT2D eigenvalue weighted by Gasteiger charge is 1.99. The maximum atomic E-state index is 5.66. The molecule has 3 nitrogen and oxygen atoms in total. The number of benzene rings is 1. The minimum absolute atomic E-state index is 0.400. The molecule has 4 heteroatoms. The molecular formula is C11H10ClN3. The van der Waals surface area contributed by atoms with Gasteiger partial charge < -0.3 is 5.73 Å². The van der Waals surface area contributed by atoms with Gasteiger partial charge in [-0.05, 0) is 5.56 Å². The minimum Gasteiger partial charge on any atom is -0.326 e. The number of hydrogen-bond donors (Lipinski definition) is 1. The predicted molar refractivity (Wildman–Crippen MR) is 60.4 cm³/mol. The molecule has 2 aromatic rings. The summed E-state index contributed by atoms with van der Waals surface area (Å²) in [6.07, 6.45) is 3.19. The van der Waals surface area contributed by atoms with Crippen LogP contribution in [0.15, 0.2) is 36.7 Å². The van der Waals surface area contributed by atoms with Crippen molar-refractivity contribution in [1.29, 1.82) is 0 Å². The average molecular weight is 220 g/mol. The van der Waals surface area contributed by atoms with E-state index in [9.17, 15) is 0 Å². The minimum atomic E-state index is 0.400. The van der Waals surface area contributed by atoms with Gasteiger partial charge in [-0.1, -0.05) is 35.9 Å². The van der Waals surface area contributed by atoms with Gasteiger partial charge in [0.2, 0.25) is 0 Å². The molecule has 2 rings (SSSR count). The molecule has 76 valence electrons. The summed E-state index contributed by atoms with van der Waals surface area (Å²) < 4.78 is 0. The molecule has 0 radical (unpaired) electrons. The van der Waals surface area contributed by atoms with Crippen molar-refractivity contribution in [3.05, 3.63) is 47.4 Å². The molecule has 0 aliphatic carbocycles. The van der Waals surface area contributed by atoms with E-state index in [1.54, 1.807) is 6.20 Å². The summed E-state index contributed by atoms with van der Waals surface area (Å²) in [5.74, 6) is 0. The molecule has 0 saturated carbocycles. The second-order valence-corrected chi connectivity index (χ2v) is 3.51. The van der Waals surface area contributed by atoms with Crippen LogP contribution in [0.3, 0.4) is 0 Å². The van der Waals surface area contributed by atoms with Gasteiger partial charge in [-0.25, -0.2) is 4.98 Å². The van der Waals surface area contributed by atoms with Gasteiger partial charge in [-0.3, -0.25) is 4.98 Å². The van der Waals surface area contributed by atoms with Crippen molar-refractivity contribution >= 4 is 11.6 Å². The van der Waals surface area contributed by atoms with Crippen LogP contribution in [0.4, 0.5) is 0 Å². The summed E-state index contributed by atoms with van der Waals surface area (Å²) in [6.45, 7) is 0.548. The molecule has 0 atom stereocenters. The smallest absolute Gasteiger partial charge is 0.147 e. The Kier molecular flexibility index (Phi) is 2.94. The van der Waals surface area contributed by atoms with E-state index in [-0.39, 0.29) is 0 Å². The van der Waals surface area contributed by atoms with E-state index in [4.69, 9.17) is 17.3 Å². The summed E-state index contributed by atoms with van der Waals surface area (Å²) in [7, 11) is 0. The molecule has 2 N–H and O–H groups in total. The number of aromatic nitrogens is 2. The zero-order chi connectivity index (χ0) is 10.7. The highest BCUT2D eigenvalue weighted by Crippen LogP contribution is 2.17. The maximum absolute atomic E-state index is 5.66. The lowest BCUT2D eigenvalue weighted by Gasteiger charge is -2.01. The second-order valence-electron chi connectivity index (χ2n) is 3.13. The predicted octanol–water partition coefficient (Wildman–Crippen LogP) is 2.26. The largest absolute Gasteiger partial charge is 0.326 e. The van der Waals surface area contributed by atoms with Crippen LogP contribution >= 0.6 is 11.6 Å². The van der Waals surface area contributed by atoms with E-state index in [1.165, 1.54) is 6.20 Å². The molecule has 0 amide bonds. The highest BCUT2D eigenvalue weighted by atomic mass is 35.5. The first kappa shape index (κ1) is 10.1. The van der Waals surface area contributed by atoms with Crippen molar-refractivity contribution < 1.29 is 0 Å². The molecular weight excluding hydrogens is 210 g/mol. The summed E-state index contributed by atoms with van der Waals surface area (Å²) in [6, 6.07) is 7.90. The zero-order valence-electron chi connectivity index (χ0n) is 8.02. The number of nitrogens with two attached hydrogens (primary N) is 1. The van der Waals surface area contributed by atoms with E-state index in [1.807, 2.05) is 24.3 Å².